The average Bonchev–Trinajstić information content (AvgIpc) is 3.42. The zero-order valence-electron chi connectivity index (χ0n) is 17.2. The van der Waals surface area contributed by atoms with Crippen molar-refractivity contribution in [1.29, 1.82) is 0 Å². The van der Waals surface area contributed by atoms with Gasteiger partial charge in [-0.2, -0.15) is 4.98 Å². The molecule has 2 fully saturated rings. The van der Waals surface area contributed by atoms with Crippen LogP contribution in [0.25, 0.3) is 11.2 Å². The van der Waals surface area contributed by atoms with Crippen molar-refractivity contribution in [2.75, 3.05) is 11.1 Å². The van der Waals surface area contributed by atoms with Gasteiger partial charge in [0.2, 0.25) is 5.28 Å². The van der Waals surface area contributed by atoms with Crippen molar-refractivity contribution < 1.29 is 13.2 Å². The number of nitrogens with zero attached hydrogens (tertiary/aromatic N) is 5. The lowest BCUT2D eigenvalue weighted by Gasteiger charge is -2.23. The fraction of sp³-hybridized carbons (Fsp3) is 0.450. The number of rotatable bonds is 6. The van der Waals surface area contributed by atoms with Gasteiger partial charge in [0.25, 0.3) is 5.56 Å². The van der Waals surface area contributed by atoms with E-state index in [1.807, 2.05) is 0 Å². The van der Waals surface area contributed by atoms with Gasteiger partial charge in [0.15, 0.2) is 21.3 Å². The van der Waals surface area contributed by atoms with Gasteiger partial charge in [-0.3, -0.25) is 14.3 Å². The Morgan fingerprint density at radius 1 is 1.22 bits per heavy atom. The molecular weight excluding hydrogens is 456 g/mol. The van der Waals surface area contributed by atoms with Gasteiger partial charge in [0.05, 0.1) is 47.3 Å². The van der Waals surface area contributed by atoms with Crippen molar-refractivity contribution in [3.8, 4) is 0 Å². The van der Waals surface area contributed by atoms with E-state index in [1.165, 1.54) is 18.5 Å². The van der Waals surface area contributed by atoms with Crippen LogP contribution in [0, 0.1) is 0 Å². The fourth-order valence-corrected chi connectivity index (χ4v) is 5.28. The molecule has 2 bridgehead atoms. The normalized spacial score (nSPS) is 22.5. The van der Waals surface area contributed by atoms with E-state index in [1.54, 1.807) is 17.6 Å². The van der Waals surface area contributed by atoms with Crippen LogP contribution >= 0.6 is 11.6 Å². The maximum atomic E-state index is 13.4. The number of hydrogen-bond donors (Lipinski definition) is 1. The van der Waals surface area contributed by atoms with Crippen LogP contribution in [0.15, 0.2) is 34.2 Å². The number of nitrogens with one attached hydrogen (secondary N) is 1. The van der Waals surface area contributed by atoms with Crippen LogP contribution in [0.1, 0.15) is 37.9 Å². The summed E-state index contributed by atoms with van der Waals surface area (Å²) in [5.74, 6) is 0.143. The van der Waals surface area contributed by atoms with Crippen LogP contribution < -0.4 is 10.9 Å². The minimum Gasteiger partial charge on any atom is -0.373 e. The molecule has 32 heavy (non-hydrogen) atoms. The molecule has 0 spiro atoms. The Morgan fingerprint density at radius 2 is 2.06 bits per heavy atom. The Balaban J connectivity index is 1.48. The number of halogens is 1. The summed E-state index contributed by atoms with van der Waals surface area (Å²) >= 11 is 6.00. The lowest BCUT2D eigenvalue weighted by atomic mass is 9.95. The Bertz CT molecular complexity index is 1340. The third kappa shape index (κ3) is 3.74. The van der Waals surface area contributed by atoms with Crippen molar-refractivity contribution in [2.45, 2.75) is 55.9 Å². The molecule has 10 nitrogen and oxygen atoms in total. The van der Waals surface area contributed by atoms with Crippen molar-refractivity contribution in [3.05, 3.63) is 45.9 Å². The lowest BCUT2D eigenvalue weighted by molar-refractivity contribution is 0.0939. The SMILES string of the molecule is CCS(=O)(=O)c1ccc(CNc2nc3cnc(Cl)nc3n([C@@H]3C[C@@H]4CC[C@H]3O4)c2=O)nc1. The standard InChI is InChI=1S/C20H21ClN6O4S/c1-2-32(29,30)13-5-3-11(22-9-13)8-23-17-19(28)27(15-7-12-4-6-16(15)31-12)18-14(25-17)10-24-20(21)26-18/h3,5,9-10,12,15-16H,2,4,6-8H2,1H3,(H,23,25)/t12-,15+,16+/m0/s1. The molecule has 3 aromatic heterocycles. The first-order chi connectivity index (χ1) is 15.4. The summed E-state index contributed by atoms with van der Waals surface area (Å²) in [6.07, 6.45) is 5.54. The molecule has 0 saturated carbocycles. The summed E-state index contributed by atoms with van der Waals surface area (Å²) in [6.45, 7) is 1.78. The van der Waals surface area contributed by atoms with Gasteiger partial charge in [0, 0.05) is 6.20 Å². The van der Waals surface area contributed by atoms with E-state index >= 15 is 0 Å². The largest absolute Gasteiger partial charge is 0.373 e. The summed E-state index contributed by atoms with van der Waals surface area (Å²) in [7, 11) is -3.32. The van der Waals surface area contributed by atoms with E-state index in [9.17, 15) is 13.2 Å². The molecule has 168 valence electrons. The highest BCUT2D eigenvalue weighted by molar-refractivity contribution is 7.91. The third-order valence-corrected chi connectivity index (χ3v) is 7.88. The number of anilines is 1. The van der Waals surface area contributed by atoms with Crippen LogP contribution in [0.2, 0.25) is 5.28 Å². The van der Waals surface area contributed by atoms with E-state index in [0.29, 0.717) is 16.9 Å². The first-order valence-electron chi connectivity index (χ1n) is 10.4. The van der Waals surface area contributed by atoms with E-state index < -0.39 is 9.84 Å². The number of fused-ring (bicyclic) bond motifs is 3. The highest BCUT2D eigenvalue weighted by Gasteiger charge is 2.43. The molecule has 12 heteroatoms. The number of pyridine rings is 1. The molecule has 3 atom stereocenters. The third-order valence-electron chi connectivity index (χ3n) is 5.98. The molecular formula is C20H21ClN6O4S. The van der Waals surface area contributed by atoms with Crippen molar-refractivity contribution in [1.82, 2.24) is 24.5 Å². The zero-order valence-corrected chi connectivity index (χ0v) is 18.8. The molecule has 0 aromatic carbocycles. The van der Waals surface area contributed by atoms with E-state index in [0.717, 1.165) is 19.3 Å². The van der Waals surface area contributed by atoms with Crippen molar-refractivity contribution >= 4 is 38.4 Å². The second kappa shape index (κ2) is 8.05. The molecule has 5 heterocycles. The summed E-state index contributed by atoms with van der Waals surface area (Å²) in [5.41, 5.74) is 1.08. The fourth-order valence-electron chi connectivity index (χ4n) is 4.33. The summed E-state index contributed by atoms with van der Waals surface area (Å²) in [5, 5.41) is 3.08. The molecule has 2 saturated heterocycles. The van der Waals surface area contributed by atoms with Gasteiger partial charge >= 0.3 is 0 Å². The van der Waals surface area contributed by atoms with E-state index in [2.05, 4.69) is 25.3 Å². The molecule has 2 aliphatic rings. The Morgan fingerprint density at radius 3 is 2.72 bits per heavy atom. The van der Waals surface area contributed by atoms with Gasteiger partial charge in [-0.1, -0.05) is 6.92 Å². The smallest absolute Gasteiger partial charge is 0.295 e. The lowest BCUT2D eigenvalue weighted by Crippen LogP contribution is -2.33. The minimum atomic E-state index is -3.32. The number of ether oxygens (including phenoxy) is 1. The highest BCUT2D eigenvalue weighted by Crippen LogP contribution is 2.41. The molecule has 2 aliphatic heterocycles. The van der Waals surface area contributed by atoms with Gasteiger partial charge in [0.1, 0.15) is 5.52 Å². The Labute approximate surface area is 189 Å². The van der Waals surface area contributed by atoms with Gasteiger partial charge in [-0.25, -0.2) is 18.4 Å². The monoisotopic (exact) mass is 476 g/mol. The topological polar surface area (TPSA) is 129 Å². The molecule has 0 aliphatic carbocycles. The maximum Gasteiger partial charge on any atom is 0.295 e. The quantitative estimate of drug-likeness (QED) is 0.531. The Kier molecular flexibility index (Phi) is 5.34. The zero-order chi connectivity index (χ0) is 22.5. The first kappa shape index (κ1) is 21.2. The van der Waals surface area contributed by atoms with Crippen LogP contribution in [0.3, 0.4) is 0 Å². The van der Waals surface area contributed by atoms with Crippen LogP contribution in [0.4, 0.5) is 5.82 Å². The van der Waals surface area contributed by atoms with Gasteiger partial charge < -0.3 is 10.1 Å². The van der Waals surface area contributed by atoms with Crippen molar-refractivity contribution in [3.63, 3.8) is 0 Å². The second-order valence-corrected chi connectivity index (χ2v) is 10.5. The maximum absolute atomic E-state index is 13.4. The van der Waals surface area contributed by atoms with Gasteiger partial charge in [-0.15, -0.1) is 0 Å². The molecule has 0 unspecified atom stereocenters. The van der Waals surface area contributed by atoms with Crippen LogP contribution in [-0.4, -0.2) is 50.9 Å². The average molecular weight is 477 g/mol. The number of hydrogen-bond acceptors (Lipinski definition) is 9. The molecule has 1 N–H and O–H groups in total. The minimum absolute atomic E-state index is 0.00560. The van der Waals surface area contributed by atoms with Crippen molar-refractivity contribution in [2.24, 2.45) is 0 Å². The second-order valence-electron chi connectivity index (χ2n) is 7.90. The van der Waals surface area contributed by atoms with Gasteiger partial charge in [-0.05, 0) is 43.0 Å². The number of sulfone groups is 1. The number of aromatic nitrogens is 5. The molecule has 0 radical (unpaired) electrons. The summed E-state index contributed by atoms with van der Waals surface area (Å²) in [4.78, 5) is 30.4. The molecule has 3 aromatic rings. The first-order valence-corrected chi connectivity index (χ1v) is 12.4. The summed E-state index contributed by atoms with van der Waals surface area (Å²) < 4.78 is 31.5. The van der Waals surface area contributed by atoms with E-state index in [4.69, 9.17) is 16.3 Å². The van der Waals surface area contributed by atoms with Crippen LogP contribution in [-0.2, 0) is 21.1 Å². The summed E-state index contributed by atoms with van der Waals surface area (Å²) in [6, 6.07) is 2.98. The highest BCUT2D eigenvalue weighted by atomic mass is 35.5. The molecule has 0 amide bonds. The van der Waals surface area contributed by atoms with Crippen LogP contribution in [0.5, 0.6) is 0 Å². The van der Waals surface area contributed by atoms with E-state index in [-0.39, 0.29) is 52.1 Å². The predicted molar refractivity (Wildman–Crippen MR) is 117 cm³/mol. The Hall–Kier alpha value is -2.63. The molecule has 5 rings (SSSR count). The predicted octanol–water partition coefficient (Wildman–Crippen LogP) is 2.13.